The minimum absolute atomic E-state index is 0.0567. The van der Waals surface area contributed by atoms with Crippen LogP contribution in [0.1, 0.15) is 18.9 Å². The van der Waals surface area contributed by atoms with Crippen LogP contribution in [0.3, 0.4) is 0 Å². The van der Waals surface area contributed by atoms with Gasteiger partial charge in [0.2, 0.25) is 5.91 Å². The molecule has 1 rings (SSSR count). The number of anilines is 1. The lowest BCUT2D eigenvalue weighted by atomic mass is 10.2. The number of nitrogens with one attached hydrogen (secondary N) is 2. The molecule has 0 heterocycles. The van der Waals surface area contributed by atoms with E-state index in [1.807, 2.05) is 38.1 Å². The number of benzene rings is 1. The zero-order chi connectivity index (χ0) is 14.3. The topological polar surface area (TPSA) is 58.2 Å². The van der Waals surface area contributed by atoms with Crippen molar-refractivity contribution in [3.63, 3.8) is 0 Å². The van der Waals surface area contributed by atoms with Gasteiger partial charge in [-0.05, 0) is 31.9 Å². The van der Waals surface area contributed by atoms with Crippen LogP contribution in [0.4, 0.5) is 5.69 Å². The van der Waals surface area contributed by atoms with Crippen LogP contribution in [-0.2, 0) is 15.6 Å². The summed E-state index contributed by atoms with van der Waals surface area (Å²) in [5.74, 6) is 0.604. The van der Waals surface area contributed by atoms with Crippen molar-refractivity contribution in [2.75, 3.05) is 23.9 Å². The van der Waals surface area contributed by atoms with Crippen LogP contribution in [0, 0.1) is 6.92 Å². The van der Waals surface area contributed by atoms with Gasteiger partial charge >= 0.3 is 0 Å². The molecule has 0 saturated carbocycles. The standard InChI is InChI=1S/C14H22N2O2S/c1-11-6-4-5-7-13(11)16-14(17)10-15-12(2)8-9-19(3)18/h4-7,12,15H,8-10H2,1-3H3,(H,16,17). The quantitative estimate of drug-likeness (QED) is 0.800. The minimum atomic E-state index is -0.776. The first-order valence-electron chi connectivity index (χ1n) is 6.38. The van der Waals surface area contributed by atoms with Gasteiger partial charge in [0.25, 0.3) is 0 Å². The van der Waals surface area contributed by atoms with Crippen molar-refractivity contribution < 1.29 is 9.00 Å². The molecule has 2 N–H and O–H groups in total. The Kier molecular flexibility index (Phi) is 6.73. The first-order valence-corrected chi connectivity index (χ1v) is 8.10. The molecule has 1 amide bonds. The van der Waals surface area contributed by atoms with Crippen LogP contribution in [0.15, 0.2) is 24.3 Å². The molecule has 2 unspecified atom stereocenters. The highest BCUT2D eigenvalue weighted by molar-refractivity contribution is 7.84. The van der Waals surface area contributed by atoms with E-state index in [2.05, 4.69) is 10.6 Å². The highest BCUT2D eigenvalue weighted by atomic mass is 32.2. The van der Waals surface area contributed by atoms with Crippen molar-refractivity contribution in [2.24, 2.45) is 0 Å². The van der Waals surface area contributed by atoms with Crippen LogP contribution >= 0.6 is 0 Å². The van der Waals surface area contributed by atoms with E-state index < -0.39 is 10.8 Å². The molecule has 0 spiro atoms. The average molecular weight is 282 g/mol. The number of hydrogen-bond acceptors (Lipinski definition) is 3. The fourth-order valence-corrected chi connectivity index (χ4v) is 2.30. The van der Waals surface area contributed by atoms with Crippen molar-refractivity contribution in [1.29, 1.82) is 0 Å². The molecule has 19 heavy (non-hydrogen) atoms. The second-order valence-corrected chi connectivity index (χ2v) is 6.27. The molecule has 2 atom stereocenters. The summed E-state index contributed by atoms with van der Waals surface area (Å²) in [5, 5.41) is 6.00. The molecule has 0 saturated heterocycles. The van der Waals surface area contributed by atoms with Crippen molar-refractivity contribution in [3.8, 4) is 0 Å². The maximum absolute atomic E-state index is 11.8. The first-order chi connectivity index (χ1) is 8.99. The third kappa shape index (κ3) is 6.50. The molecule has 0 aliphatic carbocycles. The van der Waals surface area contributed by atoms with Gasteiger partial charge in [0.05, 0.1) is 6.54 Å². The van der Waals surface area contributed by atoms with E-state index in [0.29, 0.717) is 5.75 Å². The molecule has 0 aliphatic heterocycles. The predicted octanol–water partition coefficient (Wildman–Crippen LogP) is 1.68. The molecule has 0 bridgehead atoms. The minimum Gasteiger partial charge on any atom is -0.325 e. The van der Waals surface area contributed by atoms with Crippen LogP contribution in [0.5, 0.6) is 0 Å². The summed E-state index contributed by atoms with van der Waals surface area (Å²) in [7, 11) is -0.776. The van der Waals surface area contributed by atoms with E-state index in [1.165, 1.54) is 0 Å². The summed E-state index contributed by atoms with van der Waals surface area (Å²) >= 11 is 0. The Balaban J connectivity index is 2.32. The summed E-state index contributed by atoms with van der Waals surface area (Å²) in [6.45, 7) is 4.22. The molecule has 5 heteroatoms. The number of rotatable bonds is 7. The van der Waals surface area contributed by atoms with E-state index in [1.54, 1.807) is 6.26 Å². The summed E-state index contributed by atoms with van der Waals surface area (Å²) < 4.78 is 11.0. The smallest absolute Gasteiger partial charge is 0.238 e. The average Bonchev–Trinajstić information content (AvgIpc) is 2.36. The maximum atomic E-state index is 11.8. The lowest BCUT2D eigenvalue weighted by molar-refractivity contribution is -0.115. The molecular weight excluding hydrogens is 260 g/mol. The molecule has 1 aromatic rings. The van der Waals surface area contributed by atoms with Crippen LogP contribution in [-0.4, -0.2) is 34.7 Å². The zero-order valence-electron chi connectivity index (χ0n) is 11.7. The molecule has 0 aliphatic rings. The second-order valence-electron chi connectivity index (χ2n) is 4.71. The Bertz CT molecular complexity index is 449. The third-order valence-corrected chi connectivity index (χ3v) is 3.68. The van der Waals surface area contributed by atoms with Crippen LogP contribution in [0.2, 0.25) is 0 Å². The molecular formula is C14H22N2O2S. The Morgan fingerprint density at radius 1 is 1.37 bits per heavy atom. The van der Waals surface area contributed by atoms with Crippen molar-refractivity contribution >= 4 is 22.4 Å². The van der Waals surface area contributed by atoms with Gasteiger partial charge in [-0.15, -0.1) is 0 Å². The largest absolute Gasteiger partial charge is 0.325 e. The Hall–Kier alpha value is -1.20. The lowest BCUT2D eigenvalue weighted by Crippen LogP contribution is -2.35. The van der Waals surface area contributed by atoms with E-state index in [0.717, 1.165) is 17.7 Å². The van der Waals surface area contributed by atoms with E-state index in [9.17, 15) is 9.00 Å². The van der Waals surface area contributed by atoms with Gasteiger partial charge < -0.3 is 10.6 Å². The molecule has 0 fully saturated rings. The molecule has 0 radical (unpaired) electrons. The first kappa shape index (κ1) is 15.9. The van der Waals surface area contributed by atoms with Gasteiger partial charge in [-0.25, -0.2) is 0 Å². The lowest BCUT2D eigenvalue weighted by Gasteiger charge is -2.13. The third-order valence-electron chi connectivity index (χ3n) is 2.87. The van der Waals surface area contributed by atoms with Gasteiger partial charge in [-0.1, -0.05) is 18.2 Å². The van der Waals surface area contributed by atoms with Gasteiger partial charge in [0, 0.05) is 34.5 Å². The summed E-state index contributed by atoms with van der Waals surface area (Å²) in [6, 6.07) is 7.87. The van der Waals surface area contributed by atoms with Gasteiger partial charge in [0.1, 0.15) is 0 Å². The zero-order valence-corrected chi connectivity index (χ0v) is 12.5. The molecule has 1 aromatic carbocycles. The maximum Gasteiger partial charge on any atom is 0.238 e. The second kappa shape index (κ2) is 8.07. The summed E-state index contributed by atoms with van der Waals surface area (Å²) in [5.41, 5.74) is 1.89. The van der Waals surface area contributed by atoms with Crippen LogP contribution in [0.25, 0.3) is 0 Å². The normalized spacial score (nSPS) is 13.8. The SMILES string of the molecule is Cc1ccccc1NC(=O)CNC(C)CCS(C)=O. The number of para-hydroxylation sites is 1. The fourth-order valence-electron chi connectivity index (χ4n) is 1.62. The molecule has 0 aromatic heterocycles. The predicted molar refractivity (Wildman–Crippen MR) is 80.8 cm³/mol. The Labute approximate surface area is 117 Å². The Morgan fingerprint density at radius 3 is 2.68 bits per heavy atom. The number of carbonyl (C=O) groups excluding carboxylic acids is 1. The molecule has 4 nitrogen and oxygen atoms in total. The Morgan fingerprint density at radius 2 is 2.05 bits per heavy atom. The van der Waals surface area contributed by atoms with E-state index in [-0.39, 0.29) is 18.5 Å². The number of hydrogen-bond donors (Lipinski definition) is 2. The van der Waals surface area contributed by atoms with Gasteiger partial charge in [0.15, 0.2) is 0 Å². The van der Waals surface area contributed by atoms with Crippen molar-refractivity contribution in [1.82, 2.24) is 5.32 Å². The summed E-state index contributed by atoms with van der Waals surface area (Å²) in [6.07, 6.45) is 2.50. The number of aryl methyl sites for hydroxylation is 1. The highest BCUT2D eigenvalue weighted by Crippen LogP contribution is 2.12. The molecule has 106 valence electrons. The van der Waals surface area contributed by atoms with Crippen molar-refractivity contribution in [3.05, 3.63) is 29.8 Å². The number of amides is 1. The monoisotopic (exact) mass is 282 g/mol. The van der Waals surface area contributed by atoms with Crippen LogP contribution < -0.4 is 10.6 Å². The van der Waals surface area contributed by atoms with Gasteiger partial charge in [-0.2, -0.15) is 0 Å². The van der Waals surface area contributed by atoms with E-state index in [4.69, 9.17) is 0 Å². The number of carbonyl (C=O) groups is 1. The fraction of sp³-hybridized carbons (Fsp3) is 0.500. The highest BCUT2D eigenvalue weighted by Gasteiger charge is 2.07. The van der Waals surface area contributed by atoms with Gasteiger partial charge in [-0.3, -0.25) is 9.00 Å². The van der Waals surface area contributed by atoms with Crippen molar-refractivity contribution in [2.45, 2.75) is 26.3 Å². The summed E-state index contributed by atoms with van der Waals surface area (Å²) in [4.78, 5) is 11.8. The van der Waals surface area contributed by atoms with E-state index >= 15 is 0 Å².